The van der Waals surface area contributed by atoms with Crippen LogP contribution in [0.5, 0.6) is 0 Å². The molecule has 10 heteroatoms. The number of hydrogen-bond donors (Lipinski definition) is 2. The lowest BCUT2D eigenvalue weighted by Gasteiger charge is -2.37. The van der Waals surface area contributed by atoms with Gasteiger partial charge in [-0.3, -0.25) is 4.79 Å². The number of imidazole rings is 1. The van der Waals surface area contributed by atoms with E-state index in [4.69, 9.17) is 19.4 Å². The minimum absolute atomic E-state index is 0.0340. The smallest absolute Gasteiger partial charge is 0.230 e. The number of halogens is 1. The van der Waals surface area contributed by atoms with Crippen LogP contribution in [0.3, 0.4) is 0 Å². The van der Waals surface area contributed by atoms with E-state index >= 15 is 0 Å². The summed E-state index contributed by atoms with van der Waals surface area (Å²) in [5.41, 5.74) is 1.90. The molecule has 2 saturated carbocycles. The molecule has 2 aliphatic carbocycles. The summed E-state index contributed by atoms with van der Waals surface area (Å²) in [5, 5.41) is 3.20. The van der Waals surface area contributed by atoms with Crippen molar-refractivity contribution in [3.8, 4) is 22.6 Å². The maximum absolute atomic E-state index is 13.7. The van der Waals surface area contributed by atoms with E-state index in [9.17, 15) is 9.18 Å². The SMILES string of the molecule is CN(c1nccc(-c2[nH]c(C3OCC(C)(C(=O)NC4CCCCC4)CO3)nc2-c2ccc(F)cc2)n1)C1CC1. The van der Waals surface area contributed by atoms with Crippen LogP contribution in [0.15, 0.2) is 36.5 Å². The van der Waals surface area contributed by atoms with Crippen LogP contribution >= 0.6 is 0 Å². The van der Waals surface area contributed by atoms with Gasteiger partial charge in [0.05, 0.1) is 35.7 Å². The highest BCUT2D eigenvalue weighted by Gasteiger charge is 2.41. The van der Waals surface area contributed by atoms with Crippen LogP contribution in [-0.2, 0) is 14.3 Å². The molecule has 1 amide bonds. The number of benzene rings is 1. The number of carbonyl (C=O) groups excluding carboxylic acids is 1. The monoisotopic (exact) mass is 534 g/mol. The van der Waals surface area contributed by atoms with Gasteiger partial charge in [0.2, 0.25) is 18.1 Å². The summed E-state index contributed by atoms with van der Waals surface area (Å²) in [6.45, 7) is 2.29. The van der Waals surface area contributed by atoms with Gasteiger partial charge in [-0.2, -0.15) is 0 Å². The molecule has 0 bridgehead atoms. The van der Waals surface area contributed by atoms with Gasteiger partial charge in [-0.15, -0.1) is 0 Å². The number of carbonyl (C=O) groups is 1. The Morgan fingerprint density at radius 3 is 2.46 bits per heavy atom. The van der Waals surface area contributed by atoms with E-state index in [2.05, 4.69) is 20.2 Å². The zero-order chi connectivity index (χ0) is 27.0. The van der Waals surface area contributed by atoms with Crippen LogP contribution in [0, 0.1) is 11.2 Å². The summed E-state index contributed by atoms with van der Waals surface area (Å²) in [7, 11) is 2.00. The molecule has 6 rings (SSSR count). The number of anilines is 1. The van der Waals surface area contributed by atoms with Crippen molar-refractivity contribution in [2.45, 2.75) is 70.2 Å². The second-order valence-corrected chi connectivity index (χ2v) is 11.3. The molecule has 2 N–H and O–H groups in total. The molecule has 1 aromatic carbocycles. The third kappa shape index (κ3) is 5.53. The molecule has 2 aromatic heterocycles. The molecule has 3 aromatic rings. The molecule has 0 spiro atoms. The Morgan fingerprint density at radius 2 is 1.77 bits per heavy atom. The summed E-state index contributed by atoms with van der Waals surface area (Å²) in [5.74, 6) is 0.750. The Hall–Kier alpha value is -3.37. The fourth-order valence-electron chi connectivity index (χ4n) is 5.29. The van der Waals surface area contributed by atoms with Gasteiger partial charge in [-0.1, -0.05) is 19.3 Å². The van der Waals surface area contributed by atoms with E-state index in [1.54, 1.807) is 18.3 Å². The summed E-state index contributed by atoms with van der Waals surface area (Å²) in [6, 6.07) is 8.70. The third-order valence-electron chi connectivity index (χ3n) is 7.97. The molecule has 206 valence electrons. The third-order valence-corrected chi connectivity index (χ3v) is 7.97. The van der Waals surface area contributed by atoms with E-state index in [0.717, 1.165) is 44.1 Å². The molecule has 3 fully saturated rings. The minimum Gasteiger partial charge on any atom is -0.353 e. The first kappa shape index (κ1) is 25.9. The summed E-state index contributed by atoms with van der Waals surface area (Å²) >= 11 is 0. The molecule has 1 saturated heterocycles. The van der Waals surface area contributed by atoms with E-state index in [1.165, 1.54) is 18.6 Å². The Morgan fingerprint density at radius 1 is 1.05 bits per heavy atom. The molecule has 3 aliphatic rings. The topological polar surface area (TPSA) is 105 Å². The van der Waals surface area contributed by atoms with E-state index < -0.39 is 11.7 Å². The Bertz CT molecular complexity index is 1310. The average molecular weight is 535 g/mol. The number of hydrogen-bond acceptors (Lipinski definition) is 7. The largest absolute Gasteiger partial charge is 0.353 e. The fourth-order valence-corrected chi connectivity index (χ4v) is 5.29. The van der Waals surface area contributed by atoms with Crippen molar-refractivity contribution in [3.05, 3.63) is 48.2 Å². The number of H-pyrrole nitrogens is 1. The highest BCUT2D eigenvalue weighted by atomic mass is 19.1. The first-order chi connectivity index (χ1) is 18.9. The van der Waals surface area contributed by atoms with Crippen molar-refractivity contribution in [2.24, 2.45) is 5.41 Å². The molecule has 1 aliphatic heterocycles. The molecular weight excluding hydrogens is 499 g/mol. The Labute approximate surface area is 227 Å². The van der Waals surface area contributed by atoms with E-state index in [1.807, 2.05) is 20.0 Å². The second kappa shape index (κ2) is 10.7. The number of ether oxygens (including phenoxy) is 2. The van der Waals surface area contributed by atoms with Crippen molar-refractivity contribution in [1.82, 2.24) is 25.3 Å². The highest BCUT2D eigenvalue weighted by Crippen LogP contribution is 2.36. The fraction of sp³-hybridized carbons (Fsp3) is 0.517. The number of rotatable bonds is 7. The standard InChI is InChI=1S/C29H35FN6O3/c1-29(27(37)32-20-6-4-3-5-7-20)16-38-26(39-17-29)25-34-23(18-8-10-19(30)11-9-18)24(35-25)22-14-15-31-28(33-22)36(2)21-12-13-21/h8-11,14-15,20-21,26H,3-7,12-13,16-17H2,1-2H3,(H,32,37)(H,34,35). The lowest BCUT2D eigenvalue weighted by atomic mass is 9.89. The number of aromatic nitrogens is 4. The average Bonchev–Trinajstić information content (AvgIpc) is 3.72. The van der Waals surface area contributed by atoms with Crippen molar-refractivity contribution in [2.75, 3.05) is 25.2 Å². The maximum atomic E-state index is 13.7. The van der Waals surface area contributed by atoms with Crippen LogP contribution < -0.4 is 10.2 Å². The molecular formula is C29H35FN6O3. The molecule has 39 heavy (non-hydrogen) atoms. The predicted molar refractivity (Wildman–Crippen MR) is 144 cm³/mol. The van der Waals surface area contributed by atoms with Gasteiger partial charge in [0, 0.05) is 30.9 Å². The molecule has 0 radical (unpaired) electrons. The Balaban J connectivity index is 1.24. The Kier molecular flexibility index (Phi) is 7.07. The van der Waals surface area contributed by atoms with Crippen LogP contribution in [0.2, 0.25) is 0 Å². The second-order valence-electron chi connectivity index (χ2n) is 11.3. The summed E-state index contributed by atoms with van der Waals surface area (Å²) in [4.78, 5) is 32.6. The van der Waals surface area contributed by atoms with E-state index in [-0.39, 0.29) is 31.0 Å². The van der Waals surface area contributed by atoms with Gasteiger partial charge in [0.25, 0.3) is 0 Å². The number of nitrogens with zero attached hydrogens (tertiary/aromatic N) is 4. The minimum atomic E-state index is -0.780. The molecule has 0 atom stereocenters. The maximum Gasteiger partial charge on any atom is 0.230 e. The molecule has 0 unspecified atom stereocenters. The number of aromatic amines is 1. The van der Waals surface area contributed by atoms with Gasteiger partial charge in [-0.25, -0.2) is 19.3 Å². The highest BCUT2D eigenvalue weighted by molar-refractivity contribution is 5.83. The van der Waals surface area contributed by atoms with E-state index in [0.29, 0.717) is 34.9 Å². The lowest BCUT2D eigenvalue weighted by molar-refractivity contribution is -0.231. The lowest BCUT2D eigenvalue weighted by Crippen LogP contribution is -2.51. The molecule has 9 nitrogen and oxygen atoms in total. The van der Waals surface area contributed by atoms with Crippen molar-refractivity contribution in [3.63, 3.8) is 0 Å². The van der Waals surface area contributed by atoms with Crippen LogP contribution in [0.25, 0.3) is 22.6 Å². The van der Waals surface area contributed by atoms with Gasteiger partial charge < -0.3 is 24.7 Å². The van der Waals surface area contributed by atoms with Crippen molar-refractivity contribution in [1.29, 1.82) is 0 Å². The summed E-state index contributed by atoms with van der Waals surface area (Å²) in [6.07, 6.45) is 8.80. The number of nitrogens with one attached hydrogen (secondary N) is 2. The van der Waals surface area contributed by atoms with Crippen LogP contribution in [0.4, 0.5) is 10.3 Å². The van der Waals surface area contributed by atoms with Gasteiger partial charge in [0.15, 0.2) is 5.82 Å². The first-order valence-corrected chi connectivity index (χ1v) is 13.9. The van der Waals surface area contributed by atoms with Crippen LogP contribution in [0.1, 0.15) is 64.0 Å². The quantitative estimate of drug-likeness (QED) is 0.450. The van der Waals surface area contributed by atoms with Gasteiger partial charge >= 0.3 is 0 Å². The van der Waals surface area contributed by atoms with Crippen LogP contribution in [-0.4, -0.2) is 58.2 Å². The normalized spacial score (nSPS) is 23.9. The predicted octanol–water partition coefficient (Wildman–Crippen LogP) is 4.77. The number of amides is 1. The van der Waals surface area contributed by atoms with Gasteiger partial charge in [0.1, 0.15) is 5.82 Å². The zero-order valence-corrected chi connectivity index (χ0v) is 22.5. The van der Waals surface area contributed by atoms with Gasteiger partial charge in [-0.05, 0) is 62.9 Å². The first-order valence-electron chi connectivity index (χ1n) is 13.9. The molecule has 3 heterocycles. The van der Waals surface area contributed by atoms with Crippen molar-refractivity contribution >= 4 is 11.9 Å². The van der Waals surface area contributed by atoms with Crippen molar-refractivity contribution < 1.29 is 18.7 Å². The summed E-state index contributed by atoms with van der Waals surface area (Å²) < 4.78 is 25.9. The zero-order valence-electron chi connectivity index (χ0n) is 22.5.